The van der Waals surface area contributed by atoms with Crippen LogP contribution >= 0.6 is 0 Å². The number of carboxylic acids is 1. The van der Waals surface area contributed by atoms with Gasteiger partial charge in [0.05, 0.1) is 13.7 Å². The summed E-state index contributed by atoms with van der Waals surface area (Å²) in [6.45, 7) is 0.376. The molecule has 0 amide bonds. The van der Waals surface area contributed by atoms with Gasteiger partial charge in [-0.3, -0.25) is 0 Å². The van der Waals surface area contributed by atoms with Gasteiger partial charge in [-0.25, -0.2) is 4.79 Å². The molecule has 2 rings (SSSR count). The molecule has 1 saturated heterocycles. The van der Waals surface area contributed by atoms with Gasteiger partial charge in [0.1, 0.15) is 5.75 Å². The maximum Gasteiger partial charge on any atom is 0.338 e. The summed E-state index contributed by atoms with van der Waals surface area (Å²) in [4.78, 5) is 10.9. The number of aryl methyl sites for hydroxylation is 1. The first-order valence-electron chi connectivity index (χ1n) is 6.66. The molecule has 1 aromatic carbocycles. The molecule has 0 radical (unpaired) electrons. The Morgan fingerprint density at radius 2 is 2.00 bits per heavy atom. The highest BCUT2D eigenvalue weighted by molar-refractivity contribution is 5.80. The van der Waals surface area contributed by atoms with Crippen LogP contribution < -0.4 is 4.74 Å². The molecular weight excluding hydrogens is 244 g/mol. The molecule has 1 N–H and O–H groups in total. The average molecular weight is 264 g/mol. The fourth-order valence-electron chi connectivity index (χ4n) is 2.17. The number of epoxide rings is 1. The third-order valence-electron chi connectivity index (χ3n) is 3.59. The Morgan fingerprint density at radius 3 is 2.53 bits per heavy atom. The molecule has 1 aliphatic rings. The Balaban J connectivity index is 1.62. The van der Waals surface area contributed by atoms with Crippen molar-refractivity contribution in [2.24, 2.45) is 0 Å². The van der Waals surface area contributed by atoms with Crippen LogP contribution in [-0.4, -0.2) is 30.4 Å². The van der Waals surface area contributed by atoms with Crippen molar-refractivity contribution in [3.8, 4) is 5.75 Å². The Morgan fingerprint density at radius 1 is 1.32 bits per heavy atom. The van der Waals surface area contributed by atoms with E-state index in [0.717, 1.165) is 31.4 Å². The zero-order chi connectivity index (χ0) is 13.7. The summed E-state index contributed by atoms with van der Waals surface area (Å²) in [6.07, 6.45) is 4.66. The molecule has 0 spiro atoms. The summed E-state index contributed by atoms with van der Waals surface area (Å²) in [6, 6.07) is 8.07. The topological polar surface area (TPSA) is 59.1 Å². The standard InChI is InChI=1S/C15H20O4/c1-18-13-8-6-12(7-9-13)5-3-2-4-10-15(11-19-15)14(16)17/h6-9H,2-5,10-11H2,1H3,(H,16,17). The lowest BCUT2D eigenvalue weighted by molar-refractivity contribution is -0.143. The van der Waals surface area contributed by atoms with Gasteiger partial charge in [0.2, 0.25) is 0 Å². The number of hydrogen-bond donors (Lipinski definition) is 1. The molecule has 104 valence electrons. The van der Waals surface area contributed by atoms with Crippen LogP contribution in [0.5, 0.6) is 5.75 Å². The third kappa shape index (κ3) is 3.70. The van der Waals surface area contributed by atoms with E-state index in [2.05, 4.69) is 12.1 Å². The average Bonchev–Trinajstić information content (AvgIpc) is 3.20. The largest absolute Gasteiger partial charge is 0.497 e. The maximum atomic E-state index is 10.9. The van der Waals surface area contributed by atoms with Crippen molar-refractivity contribution in [2.75, 3.05) is 13.7 Å². The molecule has 0 aromatic heterocycles. The molecule has 1 atom stereocenters. The SMILES string of the molecule is COc1ccc(CCCCCC2(C(=O)O)CO2)cc1. The van der Waals surface area contributed by atoms with E-state index in [-0.39, 0.29) is 0 Å². The molecule has 1 aliphatic heterocycles. The fraction of sp³-hybridized carbons (Fsp3) is 0.533. The van der Waals surface area contributed by atoms with Crippen molar-refractivity contribution in [3.63, 3.8) is 0 Å². The number of carbonyl (C=O) groups is 1. The fourth-order valence-corrected chi connectivity index (χ4v) is 2.17. The molecule has 19 heavy (non-hydrogen) atoms. The molecule has 1 aromatic rings. The van der Waals surface area contributed by atoms with Crippen molar-refractivity contribution in [1.82, 2.24) is 0 Å². The number of unbranched alkanes of at least 4 members (excludes halogenated alkanes) is 2. The molecular formula is C15H20O4. The van der Waals surface area contributed by atoms with Gasteiger partial charge >= 0.3 is 5.97 Å². The van der Waals surface area contributed by atoms with Gasteiger partial charge < -0.3 is 14.6 Å². The normalized spacial score (nSPS) is 21.1. The minimum Gasteiger partial charge on any atom is -0.497 e. The van der Waals surface area contributed by atoms with Crippen LogP contribution in [0.3, 0.4) is 0 Å². The summed E-state index contributed by atoms with van der Waals surface area (Å²) in [5, 5.41) is 8.95. The van der Waals surface area contributed by atoms with Gasteiger partial charge in [-0.1, -0.05) is 18.6 Å². The third-order valence-corrected chi connectivity index (χ3v) is 3.59. The molecule has 4 nitrogen and oxygen atoms in total. The predicted octanol–water partition coefficient (Wildman–Crippen LogP) is 2.65. The predicted molar refractivity (Wildman–Crippen MR) is 71.5 cm³/mol. The van der Waals surface area contributed by atoms with Gasteiger partial charge in [0.15, 0.2) is 5.60 Å². The van der Waals surface area contributed by atoms with E-state index in [9.17, 15) is 4.79 Å². The number of methoxy groups -OCH3 is 1. The highest BCUT2D eigenvalue weighted by Gasteiger charge is 2.51. The number of benzene rings is 1. The Bertz CT molecular complexity index is 420. The van der Waals surface area contributed by atoms with Gasteiger partial charge in [-0.2, -0.15) is 0 Å². The van der Waals surface area contributed by atoms with E-state index in [4.69, 9.17) is 14.6 Å². The van der Waals surface area contributed by atoms with Crippen LogP contribution in [0, 0.1) is 0 Å². The first-order valence-corrected chi connectivity index (χ1v) is 6.66. The zero-order valence-electron chi connectivity index (χ0n) is 11.2. The second-order valence-electron chi connectivity index (χ2n) is 5.00. The smallest absolute Gasteiger partial charge is 0.338 e. The Kier molecular flexibility index (Phi) is 4.43. The van der Waals surface area contributed by atoms with Crippen LogP contribution in [-0.2, 0) is 16.0 Å². The van der Waals surface area contributed by atoms with Gasteiger partial charge in [-0.15, -0.1) is 0 Å². The van der Waals surface area contributed by atoms with E-state index in [1.165, 1.54) is 5.56 Å². The second-order valence-corrected chi connectivity index (χ2v) is 5.00. The van der Waals surface area contributed by atoms with Gasteiger partial charge in [-0.05, 0) is 43.4 Å². The highest BCUT2D eigenvalue weighted by atomic mass is 16.6. The van der Waals surface area contributed by atoms with Crippen LogP contribution in [0.15, 0.2) is 24.3 Å². The van der Waals surface area contributed by atoms with Crippen molar-refractivity contribution in [3.05, 3.63) is 29.8 Å². The van der Waals surface area contributed by atoms with Crippen molar-refractivity contribution in [2.45, 2.75) is 37.7 Å². The number of rotatable bonds is 8. The van der Waals surface area contributed by atoms with Gasteiger partial charge in [0.25, 0.3) is 0 Å². The minimum absolute atomic E-state index is 0.376. The van der Waals surface area contributed by atoms with Crippen LogP contribution in [0.2, 0.25) is 0 Å². The molecule has 4 heteroatoms. The molecule has 0 bridgehead atoms. The first kappa shape index (κ1) is 13.9. The van der Waals surface area contributed by atoms with E-state index in [1.807, 2.05) is 12.1 Å². The quantitative estimate of drug-likeness (QED) is 0.579. The number of aliphatic carboxylic acids is 1. The lowest BCUT2D eigenvalue weighted by atomic mass is 10.0. The highest BCUT2D eigenvalue weighted by Crippen LogP contribution is 2.33. The summed E-state index contributed by atoms with van der Waals surface area (Å²) < 4.78 is 10.1. The summed E-state index contributed by atoms with van der Waals surface area (Å²) in [7, 11) is 1.66. The number of carboxylic acid groups (broad SMARTS) is 1. The zero-order valence-corrected chi connectivity index (χ0v) is 11.2. The van der Waals surface area contributed by atoms with Crippen LogP contribution in [0.4, 0.5) is 0 Å². The minimum atomic E-state index is -0.847. The summed E-state index contributed by atoms with van der Waals surface area (Å²) in [5.74, 6) is 0.0562. The van der Waals surface area contributed by atoms with E-state index in [0.29, 0.717) is 13.0 Å². The molecule has 0 aliphatic carbocycles. The van der Waals surface area contributed by atoms with Gasteiger partial charge in [0, 0.05) is 0 Å². The van der Waals surface area contributed by atoms with Crippen molar-refractivity contribution >= 4 is 5.97 Å². The molecule has 1 heterocycles. The summed E-state index contributed by atoms with van der Waals surface area (Å²) in [5.41, 5.74) is 0.441. The number of hydrogen-bond acceptors (Lipinski definition) is 3. The first-order chi connectivity index (χ1) is 9.16. The van der Waals surface area contributed by atoms with E-state index in [1.54, 1.807) is 7.11 Å². The summed E-state index contributed by atoms with van der Waals surface area (Å²) >= 11 is 0. The van der Waals surface area contributed by atoms with E-state index >= 15 is 0 Å². The number of ether oxygens (including phenoxy) is 2. The van der Waals surface area contributed by atoms with Crippen LogP contribution in [0.1, 0.15) is 31.2 Å². The molecule has 0 saturated carbocycles. The van der Waals surface area contributed by atoms with Crippen molar-refractivity contribution in [1.29, 1.82) is 0 Å². The second kappa shape index (κ2) is 6.06. The maximum absolute atomic E-state index is 10.9. The van der Waals surface area contributed by atoms with Crippen molar-refractivity contribution < 1.29 is 19.4 Å². The monoisotopic (exact) mass is 264 g/mol. The van der Waals surface area contributed by atoms with E-state index < -0.39 is 11.6 Å². The molecule has 1 unspecified atom stereocenters. The Hall–Kier alpha value is -1.55. The Labute approximate surface area is 113 Å². The van der Waals surface area contributed by atoms with Crippen LogP contribution in [0.25, 0.3) is 0 Å². The lowest BCUT2D eigenvalue weighted by Gasteiger charge is -2.06. The lowest BCUT2D eigenvalue weighted by Crippen LogP contribution is -2.23. The molecule has 1 fully saturated rings.